The third-order valence-corrected chi connectivity index (χ3v) is 5.04. The first-order chi connectivity index (χ1) is 12.2. The fourth-order valence-corrected chi connectivity index (χ4v) is 3.81. The fraction of sp³-hybridized carbons (Fsp3) is 0.353. The van der Waals surface area contributed by atoms with Gasteiger partial charge in [0.1, 0.15) is 16.9 Å². The van der Waals surface area contributed by atoms with Gasteiger partial charge in [0.2, 0.25) is 5.13 Å². The Morgan fingerprint density at radius 1 is 1.32 bits per heavy atom. The summed E-state index contributed by atoms with van der Waals surface area (Å²) in [5.41, 5.74) is 2.08. The molecule has 3 aromatic rings. The van der Waals surface area contributed by atoms with Gasteiger partial charge in [0.15, 0.2) is 0 Å². The van der Waals surface area contributed by atoms with E-state index in [9.17, 15) is 4.39 Å². The molecule has 0 amide bonds. The van der Waals surface area contributed by atoms with Crippen molar-refractivity contribution in [3.8, 4) is 0 Å². The first-order valence-electron chi connectivity index (χ1n) is 8.11. The van der Waals surface area contributed by atoms with Gasteiger partial charge in [-0.05, 0) is 24.1 Å². The van der Waals surface area contributed by atoms with Gasteiger partial charge in [-0.2, -0.15) is 5.10 Å². The first-order valence-corrected chi connectivity index (χ1v) is 8.92. The Morgan fingerprint density at radius 2 is 2.16 bits per heavy atom. The SMILES string of the molecule is Cn1cc([C@H]2OCC[C@@H]2Nc2nnc(Cc3ccc(F)cc3)s2)cn1. The molecule has 2 atom stereocenters. The van der Waals surface area contributed by atoms with Crippen LogP contribution in [-0.2, 0) is 18.2 Å². The van der Waals surface area contributed by atoms with Crippen LogP contribution >= 0.6 is 11.3 Å². The molecule has 1 saturated heterocycles. The molecule has 3 heterocycles. The molecule has 6 nitrogen and oxygen atoms in total. The van der Waals surface area contributed by atoms with Crippen LogP contribution in [0.5, 0.6) is 0 Å². The van der Waals surface area contributed by atoms with Gasteiger partial charge in [0.05, 0.1) is 12.2 Å². The number of aromatic nitrogens is 4. The molecule has 0 aliphatic carbocycles. The van der Waals surface area contributed by atoms with Gasteiger partial charge >= 0.3 is 0 Å². The molecule has 1 aliphatic heterocycles. The van der Waals surface area contributed by atoms with Gasteiger partial charge in [0, 0.05) is 31.8 Å². The highest BCUT2D eigenvalue weighted by atomic mass is 32.1. The van der Waals surface area contributed by atoms with Crippen LogP contribution < -0.4 is 5.32 Å². The van der Waals surface area contributed by atoms with Gasteiger partial charge in [-0.25, -0.2) is 4.39 Å². The number of ether oxygens (including phenoxy) is 1. The molecule has 1 aromatic carbocycles. The zero-order chi connectivity index (χ0) is 17.2. The second-order valence-corrected chi connectivity index (χ2v) is 7.14. The Balaban J connectivity index is 1.42. The normalized spacial score (nSPS) is 20.1. The zero-order valence-corrected chi connectivity index (χ0v) is 14.5. The number of anilines is 1. The fourth-order valence-electron chi connectivity index (χ4n) is 2.97. The number of rotatable bonds is 5. The summed E-state index contributed by atoms with van der Waals surface area (Å²) >= 11 is 1.52. The summed E-state index contributed by atoms with van der Waals surface area (Å²) in [6.07, 6.45) is 5.34. The van der Waals surface area contributed by atoms with E-state index in [2.05, 4.69) is 20.6 Å². The molecule has 0 saturated carbocycles. The number of hydrogen-bond donors (Lipinski definition) is 1. The maximum absolute atomic E-state index is 13.0. The van der Waals surface area contributed by atoms with Crippen LogP contribution in [0.2, 0.25) is 0 Å². The molecule has 1 aliphatic rings. The maximum atomic E-state index is 13.0. The van der Waals surface area contributed by atoms with E-state index in [4.69, 9.17) is 4.74 Å². The molecule has 25 heavy (non-hydrogen) atoms. The van der Waals surface area contributed by atoms with Crippen molar-refractivity contribution in [2.75, 3.05) is 11.9 Å². The third kappa shape index (κ3) is 3.69. The van der Waals surface area contributed by atoms with Crippen LogP contribution in [0.25, 0.3) is 0 Å². The van der Waals surface area contributed by atoms with Gasteiger partial charge in [-0.3, -0.25) is 4.68 Å². The lowest BCUT2D eigenvalue weighted by Gasteiger charge is -2.17. The van der Waals surface area contributed by atoms with Crippen LogP contribution in [0.1, 0.15) is 28.7 Å². The Hall–Kier alpha value is -2.32. The quantitative estimate of drug-likeness (QED) is 0.759. The molecule has 130 valence electrons. The number of nitrogens with zero attached hydrogens (tertiary/aromatic N) is 4. The number of benzene rings is 1. The van der Waals surface area contributed by atoms with Gasteiger partial charge in [0.25, 0.3) is 0 Å². The van der Waals surface area contributed by atoms with Crippen LogP contribution in [0, 0.1) is 5.82 Å². The van der Waals surface area contributed by atoms with E-state index in [0.717, 1.165) is 27.7 Å². The molecule has 0 spiro atoms. The topological polar surface area (TPSA) is 64.9 Å². The Kier molecular flexibility index (Phi) is 4.46. The van der Waals surface area contributed by atoms with Crippen molar-refractivity contribution in [3.63, 3.8) is 0 Å². The molecule has 0 radical (unpaired) electrons. The van der Waals surface area contributed by atoms with Crippen LogP contribution in [0.15, 0.2) is 36.7 Å². The minimum Gasteiger partial charge on any atom is -0.371 e. The number of nitrogens with one attached hydrogen (secondary N) is 1. The lowest BCUT2D eigenvalue weighted by molar-refractivity contribution is 0.107. The van der Waals surface area contributed by atoms with E-state index < -0.39 is 0 Å². The highest BCUT2D eigenvalue weighted by Gasteiger charge is 2.31. The van der Waals surface area contributed by atoms with Crippen LogP contribution in [0.4, 0.5) is 9.52 Å². The van der Waals surface area contributed by atoms with Crippen molar-refractivity contribution in [1.29, 1.82) is 0 Å². The van der Waals surface area contributed by atoms with E-state index in [-0.39, 0.29) is 18.0 Å². The summed E-state index contributed by atoms with van der Waals surface area (Å²) in [5.74, 6) is -0.231. The summed E-state index contributed by atoms with van der Waals surface area (Å²) in [5, 5.41) is 17.8. The smallest absolute Gasteiger partial charge is 0.206 e. The van der Waals surface area contributed by atoms with Crippen molar-refractivity contribution >= 4 is 16.5 Å². The number of halogens is 1. The molecule has 0 bridgehead atoms. The minimum atomic E-state index is -0.231. The van der Waals surface area contributed by atoms with Gasteiger partial charge in [-0.15, -0.1) is 10.2 Å². The van der Waals surface area contributed by atoms with Crippen LogP contribution in [0.3, 0.4) is 0 Å². The van der Waals surface area contributed by atoms with E-state index in [1.54, 1.807) is 16.8 Å². The molecule has 4 rings (SSSR count). The van der Waals surface area contributed by atoms with Crippen molar-refractivity contribution < 1.29 is 9.13 Å². The van der Waals surface area contributed by atoms with E-state index >= 15 is 0 Å². The molecular weight excluding hydrogens is 341 g/mol. The Bertz CT molecular complexity index is 847. The molecule has 0 unspecified atom stereocenters. The molecular formula is C17H18FN5OS. The Morgan fingerprint density at radius 3 is 2.92 bits per heavy atom. The molecule has 1 fully saturated rings. The minimum absolute atomic E-state index is 0.0295. The summed E-state index contributed by atoms with van der Waals surface area (Å²) in [6.45, 7) is 0.707. The average molecular weight is 359 g/mol. The maximum Gasteiger partial charge on any atom is 0.206 e. The summed E-state index contributed by atoms with van der Waals surface area (Å²) in [4.78, 5) is 0. The van der Waals surface area contributed by atoms with Crippen molar-refractivity contribution in [1.82, 2.24) is 20.0 Å². The average Bonchev–Trinajstić information content (AvgIpc) is 3.32. The monoisotopic (exact) mass is 359 g/mol. The van der Waals surface area contributed by atoms with Gasteiger partial charge < -0.3 is 10.1 Å². The second-order valence-electron chi connectivity index (χ2n) is 6.08. The summed E-state index contributed by atoms with van der Waals surface area (Å²) < 4.78 is 20.6. The largest absolute Gasteiger partial charge is 0.371 e. The second kappa shape index (κ2) is 6.89. The van der Waals surface area contributed by atoms with Crippen molar-refractivity contribution in [3.05, 3.63) is 58.6 Å². The van der Waals surface area contributed by atoms with Crippen molar-refractivity contribution in [2.24, 2.45) is 7.05 Å². The van der Waals surface area contributed by atoms with Gasteiger partial charge in [-0.1, -0.05) is 23.5 Å². The first kappa shape index (κ1) is 16.2. The highest BCUT2D eigenvalue weighted by molar-refractivity contribution is 7.15. The summed E-state index contributed by atoms with van der Waals surface area (Å²) in [7, 11) is 1.90. The standard InChI is InChI=1S/C17H18FN5OS/c1-23-10-12(9-19-23)16-14(6-7-24-16)20-17-22-21-15(25-17)8-11-2-4-13(18)5-3-11/h2-5,9-10,14,16H,6-8H2,1H3,(H,20,22)/t14-,16+/m0/s1. The van der Waals surface area contributed by atoms with E-state index in [1.165, 1.54) is 23.5 Å². The predicted molar refractivity (Wildman–Crippen MR) is 93.0 cm³/mol. The zero-order valence-electron chi connectivity index (χ0n) is 13.7. The molecule has 2 aromatic heterocycles. The summed E-state index contributed by atoms with van der Waals surface area (Å²) in [6, 6.07) is 6.62. The number of aryl methyl sites for hydroxylation is 1. The Labute approximate surface area is 148 Å². The lowest BCUT2D eigenvalue weighted by Crippen LogP contribution is -2.22. The lowest BCUT2D eigenvalue weighted by atomic mass is 10.1. The van der Waals surface area contributed by atoms with E-state index in [1.807, 2.05) is 19.4 Å². The predicted octanol–water partition coefficient (Wildman–Crippen LogP) is 2.94. The molecule has 1 N–H and O–H groups in total. The highest BCUT2D eigenvalue weighted by Crippen LogP contribution is 2.32. The van der Waals surface area contributed by atoms with Crippen molar-refractivity contribution in [2.45, 2.75) is 25.0 Å². The number of hydrogen-bond acceptors (Lipinski definition) is 6. The van der Waals surface area contributed by atoms with Crippen LogP contribution in [-0.4, -0.2) is 32.6 Å². The third-order valence-electron chi connectivity index (χ3n) is 4.19. The molecule has 8 heteroatoms. The van der Waals surface area contributed by atoms with E-state index in [0.29, 0.717) is 13.0 Å².